The Bertz CT molecular complexity index is 1620. The first-order chi connectivity index (χ1) is 24.8. The second-order valence-corrected chi connectivity index (χ2v) is 14.5. The van der Waals surface area contributed by atoms with Crippen LogP contribution in [0.15, 0.2) is 83.4 Å². The molecule has 11 nitrogen and oxygen atoms in total. The Morgan fingerprint density at radius 2 is 1.67 bits per heavy atom. The second kappa shape index (κ2) is 16.7. The quantitative estimate of drug-likeness (QED) is 0.198. The Morgan fingerprint density at radius 3 is 2.39 bits per heavy atom. The molecule has 12 heteroatoms. The number of cyclic esters (lactones) is 1. The first-order valence-electron chi connectivity index (χ1n) is 17.8. The summed E-state index contributed by atoms with van der Waals surface area (Å²) in [5, 5.41) is 12.3. The fourth-order valence-corrected chi connectivity index (χ4v) is 8.62. The molecule has 2 N–H and O–H groups in total. The Labute approximate surface area is 307 Å². The van der Waals surface area contributed by atoms with Crippen LogP contribution in [0.4, 0.5) is 0 Å². The van der Waals surface area contributed by atoms with Crippen molar-refractivity contribution in [3.63, 3.8) is 0 Å². The highest BCUT2D eigenvalue weighted by Crippen LogP contribution is 2.59. The average Bonchev–Trinajstić information content (AvgIpc) is 3.72. The molecule has 2 aromatic rings. The molecule has 0 aliphatic carbocycles. The number of halogens is 1. The molecule has 2 aromatic carbocycles. The molecule has 7 atom stereocenters. The number of hydrogen-bond donors (Lipinski definition) is 2. The minimum absolute atomic E-state index is 0.0734. The number of nitrogens with one attached hydrogen (secondary N) is 1. The van der Waals surface area contributed by atoms with Crippen LogP contribution in [0.5, 0.6) is 0 Å². The van der Waals surface area contributed by atoms with Crippen LogP contribution in [0.3, 0.4) is 0 Å². The molecule has 3 amide bonds. The third-order valence-electron chi connectivity index (χ3n) is 10.2. The summed E-state index contributed by atoms with van der Waals surface area (Å²) >= 11 is 3.63. The summed E-state index contributed by atoms with van der Waals surface area (Å²) in [6.45, 7) is 0.992. The number of nitrogens with zero attached hydrogens (tertiary/aromatic N) is 2. The number of ether oxygens (including phenoxy) is 3. The van der Waals surface area contributed by atoms with Gasteiger partial charge in [-0.15, -0.1) is 0 Å². The van der Waals surface area contributed by atoms with Crippen LogP contribution in [0.1, 0.15) is 55.8 Å². The van der Waals surface area contributed by atoms with Crippen molar-refractivity contribution in [3.8, 4) is 0 Å². The number of aliphatic hydroxyl groups excluding tert-OH is 1. The van der Waals surface area contributed by atoms with E-state index >= 15 is 0 Å². The third kappa shape index (κ3) is 7.69. The largest absolute Gasteiger partial charge is 0.455 e. The van der Waals surface area contributed by atoms with Gasteiger partial charge >= 0.3 is 5.97 Å². The molecule has 2 saturated heterocycles. The third-order valence-corrected chi connectivity index (χ3v) is 10.9. The molecular formula is C39H46BrN3O8. The van der Waals surface area contributed by atoms with Crippen LogP contribution in [0, 0.1) is 11.8 Å². The molecule has 4 aliphatic heterocycles. The standard InChI is InChI=1S/C39H46BrN3O8/c1-49-25-29-33(27-17-9-5-10-18-27)50-38(48)31-32-36(46)43(21-13-2-3-14-22-44)35(39(32)23-28(40)34(31)51-39)37(47)42(24-26-15-7-4-8-16-26)20-12-6-11-19-30(45)41-29/h4-10,12,15-18,23,29,31-35,44H,2-3,11,13-14,19-22,24-25H2,1H3,(H,41,45)/b12-6-/t29-,31+,32-,33-,34+,35+,39-/m1/s1. The number of methoxy groups -OCH3 is 1. The molecule has 0 aromatic heterocycles. The molecule has 0 unspecified atom stereocenters. The summed E-state index contributed by atoms with van der Waals surface area (Å²) in [6.07, 6.45) is 7.24. The monoisotopic (exact) mass is 763 g/mol. The molecular weight excluding hydrogens is 718 g/mol. The van der Waals surface area contributed by atoms with Crippen LogP contribution < -0.4 is 5.32 Å². The predicted octanol–water partition coefficient (Wildman–Crippen LogP) is 4.21. The van der Waals surface area contributed by atoms with Gasteiger partial charge in [0, 0.05) is 44.3 Å². The summed E-state index contributed by atoms with van der Waals surface area (Å²) in [6, 6.07) is 17.0. The molecule has 0 saturated carbocycles. The number of aliphatic hydroxyl groups is 1. The highest BCUT2D eigenvalue weighted by Gasteiger charge is 2.75. The first-order valence-corrected chi connectivity index (χ1v) is 18.6. The van der Waals surface area contributed by atoms with Gasteiger partial charge in [-0.1, -0.05) is 102 Å². The van der Waals surface area contributed by atoms with Crippen LogP contribution >= 0.6 is 15.9 Å². The second-order valence-electron chi connectivity index (χ2n) is 13.6. The van der Waals surface area contributed by atoms with Crippen molar-refractivity contribution in [3.05, 3.63) is 94.5 Å². The van der Waals surface area contributed by atoms with Gasteiger partial charge in [0.25, 0.3) is 0 Å². The number of rotatable bonds is 11. The molecule has 51 heavy (non-hydrogen) atoms. The first kappa shape index (κ1) is 36.9. The highest BCUT2D eigenvalue weighted by atomic mass is 79.9. The lowest BCUT2D eigenvalue weighted by molar-refractivity contribution is -0.162. The number of carbonyl (C=O) groups excluding carboxylic acids is 4. The molecule has 0 radical (unpaired) electrons. The van der Waals surface area contributed by atoms with E-state index in [9.17, 15) is 24.3 Å². The maximum atomic E-state index is 15.0. The summed E-state index contributed by atoms with van der Waals surface area (Å²) in [5.74, 6) is -3.56. The van der Waals surface area contributed by atoms with Gasteiger partial charge in [0.2, 0.25) is 17.7 Å². The lowest BCUT2D eigenvalue weighted by atomic mass is 9.74. The maximum Gasteiger partial charge on any atom is 0.313 e. The number of amides is 3. The molecule has 4 heterocycles. The highest BCUT2D eigenvalue weighted by molar-refractivity contribution is 9.11. The average molecular weight is 765 g/mol. The van der Waals surface area contributed by atoms with Crippen LogP contribution in [-0.2, 0) is 39.9 Å². The van der Waals surface area contributed by atoms with E-state index in [0.717, 1.165) is 18.4 Å². The number of likely N-dealkylation sites (tertiary alicyclic amines) is 1. The number of benzene rings is 2. The van der Waals surface area contributed by atoms with Gasteiger partial charge in [-0.3, -0.25) is 19.2 Å². The SMILES string of the molecule is COC[C@H]1NC(=O)CC/C=C\CN(Cc2ccccc2)C(=O)[C@@H]2N(CCCCCCO)C(=O)[C@H]3[C@H](C(=O)O[C@@H]1c1ccccc1)[C@H]1O[C@@]23C=C1Br. The van der Waals surface area contributed by atoms with Crippen LogP contribution in [0.25, 0.3) is 0 Å². The van der Waals surface area contributed by atoms with E-state index in [-0.39, 0.29) is 50.4 Å². The Kier molecular flexibility index (Phi) is 12.1. The van der Waals surface area contributed by atoms with Crippen molar-refractivity contribution >= 4 is 39.6 Å². The summed E-state index contributed by atoms with van der Waals surface area (Å²) in [4.78, 5) is 60.7. The number of allylic oxidation sites excluding steroid dienone is 1. The fraction of sp³-hybridized carbons (Fsp3) is 0.487. The van der Waals surface area contributed by atoms with Crippen molar-refractivity contribution in [1.29, 1.82) is 0 Å². The van der Waals surface area contributed by atoms with Crippen molar-refractivity contribution in [2.24, 2.45) is 11.8 Å². The minimum atomic E-state index is -1.40. The molecule has 2 fully saturated rings. The van der Waals surface area contributed by atoms with Crippen LogP contribution in [-0.4, -0.2) is 95.8 Å². The van der Waals surface area contributed by atoms with Gasteiger partial charge in [-0.2, -0.15) is 0 Å². The zero-order chi connectivity index (χ0) is 36.0. The predicted molar refractivity (Wildman–Crippen MR) is 192 cm³/mol. The fourth-order valence-electron chi connectivity index (χ4n) is 7.89. The molecule has 5 bridgehead atoms. The topological polar surface area (TPSA) is 135 Å². The minimum Gasteiger partial charge on any atom is -0.455 e. The van der Waals surface area contributed by atoms with Crippen molar-refractivity contribution in [2.45, 2.75) is 75.0 Å². The van der Waals surface area contributed by atoms with Gasteiger partial charge in [-0.05, 0) is 36.5 Å². The van der Waals surface area contributed by atoms with Gasteiger partial charge < -0.3 is 34.4 Å². The lowest BCUT2D eigenvalue weighted by Crippen LogP contribution is -2.55. The smallest absolute Gasteiger partial charge is 0.313 e. The van der Waals surface area contributed by atoms with E-state index in [4.69, 9.17) is 14.2 Å². The maximum absolute atomic E-state index is 15.0. The van der Waals surface area contributed by atoms with E-state index < -0.39 is 47.7 Å². The molecule has 4 aliphatic rings. The summed E-state index contributed by atoms with van der Waals surface area (Å²) in [7, 11) is 1.52. The van der Waals surface area contributed by atoms with Gasteiger partial charge in [0.1, 0.15) is 29.8 Å². The normalized spacial score (nSPS) is 30.2. The lowest BCUT2D eigenvalue weighted by Gasteiger charge is -2.36. The zero-order valence-corrected chi connectivity index (χ0v) is 30.4. The zero-order valence-electron chi connectivity index (χ0n) is 28.8. The van der Waals surface area contributed by atoms with E-state index in [1.54, 1.807) is 9.80 Å². The molecule has 6 rings (SSSR count). The van der Waals surface area contributed by atoms with Gasteiger partial charge in [0.15, 0.2) is 0 Å². The number of fused-ring (bicyclic) bond motifs is 2. The number of esters is 1. The number of hydrogen-bond acceptors (Lipinski definition) is 8. The van der Waals surface area contributed by atoms with Crippen molar-refractivity contribution < 1.29 is 38.5 Å². The Hall–Kier alpha value is -3.84. The Morgan fingerprint density at radius 1 is 0.941 bits per heavy atom. The van der Waals surface area contributed by atoms with E-state index in [1.165, 1.54) is 7.11 Å². The van der Waals surface area contributed by atoms with Crippen molar-refractivity contribution in [1.82, 2.24) is 15.1 Å². The van der Waals surface area contributed by atoms with E-state index in [0.29, 0.717) is 35.9 Å². The molecule has 272 valence electrons. The summed E-state index contributed by atoms with van der Waals surface area (Å²) < 4.78 is 19.1. The number of carbonyl (C=O) groups is 4. The van der Waals surface area contributed by atoms with E-state index in [1.807, 2.05) is 78.9 Å². The number of unbranched alkanes of at least 4 members (excludes halogenated alkanes) is 3. The van der Waals surface area contributed by atoms with Crippen LogP contribution in [0.2, 0.25) is 0 Å². The van der Waals surface area contributed by atoms with Gasteiger partial charge in [-0.25, -0.2) is 0 Å². The summed E-state index contributed by atoms with van der Waals surface area (Å²) in [5.41, 5.74) is 0.178. The van der Waals surface area contributed by atoms with Gasteiger partial charge in [0.05, 0.1) is 18.6 Å². The van der Waals surface area contributed by atoms with Crippen molar-refractivity contribution in [2.75, 3.05) is 33.4 Å². The van der Waals surface area contributed by atoms with E-state index in [2.05, 4.69) is 21.2 Å². The molecule has 1 spiro atoms. The Balaban J connectivity index is 1.42.